The minimum atomic E-state index is 0.271. The number of hydrogen-bond donors (Lipinski definition) is 0. The number of rotatable bonds is 8. The van der Waals surface area contributed by atoms with Crippen molar-refractivity contribution in [3.05, 3.63) is 12.2 Å². The Labute approximate surface area is 113 Å². The van der Waals surface area contributed by atoms with Gasteiger partial charge in [-0.15, -0.1) is 0 Å². The van der Waals surface area contributed by atoms with Crippen molar-refractivity contribution >= 4 is 5.78 Å². The van der Waals surface area contributed by atoms with E-state index in [1.165, 1.54) is 0 Å². The van der Waals surface area contributed by atoms with E-state index in [9.17, 15) is 4.79 Å². The monoisotopic (exact) mass is 253 g/mol. The highest BCUT2D eigenvalue weighted by atomic mass is 16.1. The third-order valence-corrected chi connectivity index (χ3v) is 3.60. The second-order valence-corrected chi connectivity index (χ2v) is 6.09. The van der Waals surface area contributed by atoms with Crippen LogP contribution in [0.4, 0.5) is 0 Å². The number of allylic oxidation sites excluding steroid dienone is 2. The van der Waals surface area contributed by atoms with Gasteiger partial charge in [-0.05, 0) is 53.0 Å². The predicted octanol–water partition coefficient (Wildman–Crippen LogP) is 3.91. The van der Waals surface area contributed by atoms with Crippen molar-refractivity contribution in [3.8, 4) is 0 Å². The summed E-state index contributed by atoms with van der Waals surface area (Å²) in [5.74, 6) is 1.20. The summed E-state index contributed by atoms with van der Waals surface area (Å²) in [6.07, 6.45) is 6.27. The van der Waals surface area contributed by atoms with E-state index < -0.39 is 0 Å². The number of nitrogens with zero attached hydrogens (tertiary/aromatic N) is 1. The molecule has 0 radical (unpaired) electrons. The Bertz CT molecular complexity index is 270. The third-order valence-electron chi connectivity index (χ3n) is 3.60. The van der Waals surface area contributed by atoms with Crippen molar-refractivity contribution in [3.63, 3.8) is 0 Å². The molecule has 0 rings (SSSR count). The third kappa shape index (κ3) is 7.65. The molecule has 106 valence electrons. The van der Waals surface area contributed by atoms with Gasteiger partial charge in [0.05, 0.1) is 0 Å². The average Bonchev–Trinajstić information content (AvgIpc) is 2.24. The Morgan fingerprint density at radius 3 is 2.00 bits per heavy atom. The van der Waals surface area contributed by atoms with Crippen LogP contribution < -0.4 is 0 Å². The van der Waals surface area contributed by atoms with Crippen LogP contribution in [0.1, 0.15) is 54.4 Å². The molecule has 0 spiro atoms. The molecule has 2 nitrogen and oxygen atoms in total. The molecule has 3 unspecified atom stereocenters. The number of ketones is 1. The van der Waals surface area contributed by atoms with Gasteiger partial charge in [0.25, 0.3) is 0 Å². The predicted molar refractivity (Wildman–Crippen MR) is 79.7 cm³/mol. The van der Waals surface area contributed by atoms with Crippen LogP contribution >= 0.6 is 0 Å². The number of Topliss-reactive ketones (excluding diaryl/α,β-unsaturated/α-hetero) is 1. The molecule has 0 aliphatic carbocycles. The summed E-state index contributed by atoms with van der Waals surface area (Å²) in [7, 11) is 2.18. The van der Waals surface area contributed by atoms with Gasteiger partial charge in [0.1, 0.15) is 5.78 Å². The van der Waals surface area contributed by atoms with E-state index in [0.29, 0.717) is 30.3 Å². The SMILES string of the molecule is CC(=O)CC(C)C=CC(C)CC(C)N(C)C(C)C. The van der Waals surface area contributed by atoms with E-state index in [4.69, 9.17) is 0 Å². The molecule has 3 atom stereocenters. The summed E-state index contributed by atoms with van der Waals surface area (Å²) < 4.78 is 0. The molecule has 0 aromatic heterocycles. The quantitative estimate of drug-likeness (QED) is 0.611. The first-order valence-corrected chi connectivity index (χ1v) is 7.13. The Hall–Kier alpha value is -0.630. The zero-order valence-electron chi connectivity index (χ0n) is 13.2. The molecule has 0 saturated heterocycles. The van der Waals surface area contributed by atoms with Crippen LogP contribution in [0.2, 0.25) is 0 Å². The fourth-order valence-electron chi connectivity index (χ4n) is 2.19. The molecule has 0 aromatic carbocycles. The molecule has 0 fully saturated rings. The van der Waals surface area contributed by atoms with E-state index in [-0.39, 0.29) is 5.78 Å². The Morgan fingerprint density at radius 2 is 1.56 bits per heavy atom. The highest BCUT2D eigenvalue weighted by Crippen LogP contribution is 2.15. The van der Waals surface area contributed by atoms with E-state index in [1.807, 2.05) is 0 Å². The topological polar surface area (TPSA) is 20.3 Å². The molecule has 2 heteroatoms. The van der Waals surface area contributed by atoms with Crippen LogP contribution in [-0.2, 0) is 4.79 Å². The molecule has 0 heterocycles. The molecule has 0 N–H and O–H groups in total. The molecule has 0 bridgehead atoms. The van der Waals surface area contributed by atoms with Gasteiger partial charge in [0.15, 0.2) is 0 Å². The second kappa shape index (κ2) is 8.47. The fraction of sp³-hybridized carbons (Fsp3) is 0.812. The van der Waals surface area contributed by atoms with Crippen molar-refractivity contribution in [2.24, 2.45) is 11.8 Å². The summed E-state index contributed by atoms with van der Waals surface area (Å²) >= 11 is 0. The second-order valence-electron chi connectivity index (χ2n) is 6.09. The van der Waals surface area contributed by atoms with Crippen LogP contribution in [0, 0.1) is 11.8 Å². The van der Waals surface area contributed by atoms with Crippen LogP contribution in [-0.4, -0.2) is 29.8 Å². The molecule has 0 amide bonds. The normalized spacial score (nSPS) is 17.4. The van der Waals surface area contributed by atoms with E-state index in [2.05, 4.69) is 58.7 Å². The van der Waals surface area contributed by atoms with Crippen LogP contribution in [0.15, 0.2) is 12.2 Å². The van der Waals surface area contributed by atoms with Crippen molar-refractivity contribution in [1.82, 2.24) is 4.90 Å². The molecule has 0 saturated carbocycles. The van der Waals surface area contributed by atoms with Gasteiger partial charge >= 0.3 is 0 Å². The number of hydrogen-bond acceptors (Lipinski definition) is 2. The number of carbonyl (C=O) groups excluding carboxylic acids is 1. The van der Waals surface area contributed by atoms with E-state index in [1.54, 1.807) is 6.92 Å². The fourth-order valence-corrected chi connectivity index (χ4v) is 2.19. The molecule has 0 aliphatic rings. The molecule has 0 aliphatic heterocycles. The highest BCUT2D eigenvalue weighted by molar-refractivity contribution is 5.75. The minimum absolute atomic E-state index is 0.271. The van der Waals surface area contributed by atoms with E-state index >= 15 is 0 Å². The van der Waals surface area contributed by atoms with Gasteiger partial charge in [-0.3, -0.25) is 0 Å². The van der Waals surface area contributed by atoms with Crippen molar-refractivity contribution in [2.75, 3.05) is 7.05 Å². The summed E-state index contributed by atoms with van der Waals surface area (Å²) in [4.78, 5) is 13.4. The first-order chi connectivity index (χ1) is 8.23. The van der Waals surface area contributed by atoms with Crippen LogP contribution in [0.25, 0.3) is 0 Å². The maximum Gasteiger partial charge on any atom is 0.130 e. The maximum absolute atomic E-state index is 11.0. The zero-order chi connectivity index (χ0) is 14.3. The van der Waals surface area contributed by atoms with Gasteiger partial charge in [0.2, 0.25) is 0 Å². The lowest BCUT2D eigenvalue weighted by Gasteiger charge is -2.29. The summed E-state index contributed by atoms with van der Waals surface area (Å²) in [6.45, 7) is 12.8. The summed E-state index contributed by atoms with van der Waals surface area (Å²) in [6, 6.07) is 1.18. The standard InChI is InChI=1S/C16H31NO/c1-12(2)17(7)15(5)10-13(3)8-9-14(4)11-16(6)18/h8-9,12-15H,10-11H2,1-7H3. The first kappa shape index (κ1) is 17.4. The van der Waals surface area contributed by atoms with Gasteiger partial charge < -0.3 is 9.69 Å². The lowest BCUT2D eigenvalue weighted by atomic mass is 9.97. The van der Waals surface area contributed by atoms with Crippen molar-refractivity contribution in [2.45, 2.75) is 66.5 Å². The molecular formula is C16H31NO. The van der Waals surface area contributed by atoms with Gasteiger partial charge in [0, 0.05) is 18.5 Å². The Kier molecular flexibility index (Phi) is 8.17. The average molecular weight is 253 g/mol. The van der Waals surface area contributed by atoms with Crippen molar-refractivity contribution in [1.29, 1.82) is 0 Å². The molecule has 0 aromatic rings. The van der Waals surface area contributed by atoms with Crippen LogP contribution in [0.3, 0.4) is 0 Å². The minimum Gasteiger partial charge on any atom is -0.301 e. The summed E-state index contributed by atoms with van der Waals surface area (Å²) in [5, 5.41) is 0. The molecule has 18 heavy (non-hydrogen) atoms. The lowest BCUT2D eigenvalue weighted by Crippen LogP contribution is -2.35. The van der Waals surface area contributed by atoms with Gasteiger partial charge in [-0.25, -0.2) is 0 Å². The Morgan fingerprint density at radius 1 is 1.06 bits per heavy atom. The zero-order valence-corrected chi connectivity index (χ0v) is 13.2. The number of carbonyl (C=O) groups is 1. The van der Waals surface area contributed by atoms with E-state index in [0.717, 1.165) is 6.42 Å². The Balaban J connectivity index is 4.13. The smallest absolute Gasteiger partial charge is 0.130 e. The van der Waals surface area contributed by atoms with Gasteiger partial charge in [-0.2, -0.15) is 0 Å². The largest absolute Gasteiger partial charge is 0.301 e. The van der Waals surface area contributed by atoms with Crippen LogP contribution in [0.5, 0.6) is 0 Å². The lowest BCUT2D eigenvalue weighted by molar-refractivity contribution is -0.117. The van der Waals surface area contributed by atoms with Crippen molar-refractivity contribution < 1.29 is 4.79 Å². The first-order valence-electron chi connectivity index (χ1n) is 7.13. The van der Waals surface area contributed by atoms with Gasteiger partial charge in [-0.1, -0.05) is 26.0 Å². The molecular weight excluding hydrogens is 222 g/mol. The summed E-state index contributed by atoms with van der Waals surface area (Å²) in [5.41, 5.74) is 0. The maximum atomic E-state index is 11.0. The highest BCUT2D eigenvalue weighted by Gasteiger charge is 2.14.